The highest BCUT2D eigenvalue weighted by molar-refractivity contribution is 7.99. The van der Waals surface area contributed by atoms with E-state index in [4.69, 9.17) is 5.73 Å². The van der Waals surface area contributed by atoms with Gasteiger partial charge in [0.2, 0.25) is 0 Å². The average molecular weight is 242 g/mol. The molecule has 0 atom stereocenters. The summed E-state index contributed by atoms with van der Waals surface area (Å²) in [4.78, 5) is 4.92. The zero-order valence-corrected chi connectivity index (χ0v) is 10.3. The molecule has 2 aromatic carbocycles. The summed E-state index contributed by atoms with van der Waals surface area (Å²) >= 11 is 1.83. The molecule has 86 valence electrons. The fourth-order valence-corrected chi connectivity index (χ4v) is 3.25. The minimum atomic E-state index is 0.660. The predicted molar refractivity (Wildman–Crippen MR) is 73.1 cm³/mol. The highest BCUT2D eigenvalue weighted by atomic mass is 32.2. The highest BCUT2D eigenvalue weighted by Gasteiger charge is 2.21. The molecule has 0 aromatic heterocycles. The number of para-hydroxylation sites is 2. The van der Waals surface area contributed by atoms with Gasteiger partial charge in [-0.05, 0) is 24.3 Å². The molecule has 2 nitrogen and oxygen atoms in total. The lowest BCUT2D eigenvalue weighted by atomic mass is 10.2. The topological polar surface area (TPSA) is 29.3 Å². The molecule has 0 spiro atoms. The third-order valence-corrected chi connectivity index (χ3v) is 4.01. The van der Waals surface area contributed by atoms with Crippen molar-refractivity contribution in [2.45, 2.75) is 9.79 Å². The van der Waals surface area contributed by atoms with E-state index in [0.717, 1.165) is 6.54 Å². The lowest BCUT2D eigenvalue weighted by molar-refractivity contribution is 0.899. The molecule has 1 aliphatic heterocycles. The third kappa shape index (κ3) is 1.81. The Balaban J connectivity index is 2.13. The van der Waals surface area contributed by atoms with E-state index in [-0.39, 0.29) is 0 Å². The number of benzene rings is 2. The summed E-state index contributed by atoms with van der Waals surface area (Å²) in [5.74, 6) is 0. The summed E-state index contributed by atoms with van der Waals surface area (Å²) in [6.45, 7) is 1.52. The number of hydrogen-bond donors (Lipinski definition) is 1. The molecule has 0 fully saturated rings. The molecular weight excluding hydrogens is 228 g/mol. The Morgan fingerprint density at radius 3 is 1.94 bits per heavy atom. The van der Waals surface area contributed by atoms with Gasteiger partial charge >= 0.3 is 0 Å². The summed E-state index contributed by atoms with van der Waals surface area (Å²) in [5, 5.41) is 0. The molecule has 0 unspecified atom stereocenters. The molecule has 1 aliphatic rings. The van der Waals surface area contributed by atoms with Crippen LogP contribution in [0, 0.1) is 0 Å². The van der Waals surface area contributed by atoms with Crippen LogP contribution >= 0.6 is 11.8 Å². The van der Waals surface area contributed by atoms with Crippen molar-refractivity contribution in [2.75, 3.05) is 18.0 Å². The lowest BCUT2D eigenvalue weighted by Gasteiger charge is -2.32. The third-order valence-electron chi connectivity index (χ3n) is 2.88. The molecule has 0 bridgehead atoms. The van der Waals surface area contributed by atoms with E-state index in [1.54, 1.807) is 0 Å². The Kier molecular flexibility index (Phi) is 2.79. The first-order valence-electron chi connectivity index (χ1n) is 5.73. The van der Waals surface area contributed by atoms with Crippen molar-refractivity contribution in [3.63, 3.8) is 0 Å². The summed E-state index contributed by atoms with van der Waals surface area (Å²) < 4.78 is 0. The number of hydrogen-bond acceptors (Lipinski definition) is 3. The summed E-state index contributed by atoms with van der Waals surface area (Å²) in [6.07, 6.45) is 0. The van der Waals surface area contributed by atoms with E-state index < -0.39 is 0 Å². The molecule has 0 amide bonds. The Morgan fingerprint density at radius 2 is 1.41 bits per heavy atom. The Hall–Kier alpha value is -1.45. The number of nitrogens with two attached hydrogens (primary N) is 1. The van der Waals surface area contributed by atoms with E-state index >= 15 is 0 Å². The van der Waals surface area contributed by atoms with Crippen molar-refractivity contribution in [3.05, 3.63) is 48.5 Å². The van der Waals surface area contributed by atoms with Crippen LogP contribution in [0.1, 0.15) is 0 Å². The maximum atomic E-state index is 5.73. The van der Waals surface area contributed by atoms with Crippen molar-refractivity contribution >= 4 is 23.1 Å². The molecule has 2 N–H and O–H groups in total. The van der Waals surface area contributed by atoms with Crippen LogP contribution in [0.4, 0.5) is 11.4 Å². The standard InChI is InChI=1S/C14H14N2S/c15-9-10-16-11-5-1-3-7-13(11)17-14-8-4-2-6-12(14)16/h1-8H,9-10,15H2. The van der Waals surface area contributed by atoms with Gasteiger partial charge in [0.25, 0.3) is 0 Å². The molecular formula is C14H14N2S. The van der Waals surface area contributed by atoms with E-state index in [2.05, 4.69) is 53.4 Å². The molecule has 1 heterocycles. The minimum Gasteiger partial charge on any atom is -0.338 e. The lowest BCUT2D eigenvalue weighted by Crippen LogP contribution is -2.27. The number of rotatable bonds is 2. The van der Waals surface area contributed by atoms with Crippen LogP contribution in [0.5, 0.6) is 0 Å². The van der Waals surface area contributed by atoms with Crippen LogP contribution in [-0.4, -0.2) is 13.1 Å². The molecule has 0 saturated heterocycles. The van der Waals surface area contributed by atoms with Crippen molar-refractivity contribution in [2.24, 2.45) is 5.73 Å². The Morgan fingerprint density at radius 1 is 0.882 bits per heavy atom. The fourth-order valence-electron chi connectivity index (χ4n) is 2.15. The van der Waals surface area contributed by atoms with Crippen LogP contribution in [-0.2, 0) is 0 Å². The Bertz CT molecular complexity index is 494. The molecule has 0 aliphatic carbocycles. The summed E-state index contributed by atoms with van der Waals surface area (Å²) in [6, 6.07) is 17.0. The second-order valence-electron chi connectivity index (χ2n) is 3.98. The van der Waals surface area contributed by atoms with Gasteiger partial charge in [-0.2, -0.15) is 0 Å². The molecule has 3 rings (SSSR count). The van der Waals surface area contributed by atoms with Crippen molar-refractivity contribution in [1.82, 2.24) is 0 Å². The molecule has 0 radical (unpaired) electrons. The van der Waals surface area contributed by atoms with Crippen molar-refractivity contribution < 1.29 is 0 Å². The van der Waals surface area contributed by atoms with Gasteiger partial charge < -0.3 is 10.6 Å². The maximum Gasteiger partial charge on any atom is 0.0553 e. The zero-order valence-electron chi connectivity index (χ0n) is 9.47. The average Bonchev–Trinajstić information content (AvgIpc) is 2.39. The van der Waals surface area contributed by atoms with E-state index in [9.17, 15) is 0 Å². The largest absolute Gasteiger partial charge is 0.338 e. The summed E-state index contributed by atoms with van der Waals surface area (Å²) in [5.41, 5.74) is 8.26. The van der Waals surface area contributed by atoms with E-state index in [1.165, 1.54) is 21.2 Å². The number of anilines is 2. The minimum absolute atomic E-state index is 0.660. The van der Waals surface area contributed by atoms with Crippen LogP contribution in [0.2, 0.25) is 0 Å². The quantitative estimate of drug-likeness (QED) is 0.876. The summed E-state index contributed by atoms with van der Waals surface area (Å²) in [7, 11) is 0. The van der Waals surface area contributed by atoms with Gasteiger partial charge in [-0.3, -0.25) is 0 Å². The van der Waals surface area contributed by atoms with Crippen LogP contribution in [0.25, 0.3) is 0 Å². The van der Waals surface area contributed by atoms with Crippen molar-refractivity contribution in [3.8, 4) is 0 Å². The van der Waals surface area contributed by atoms with Gasteiger partial charge in [0.15, 0.2) is 0 Å². The Labute approximate surface area is 105 Å². The molecule has 0 saturated carbocycles. The predicted octanol–water partition coefficient (Wildman–Crippen LogP) is 3.25. The zero-order chi connectivity index (χ0) is 11.7. The van der Waals surface area contributed by atoms with E-state index in [1.807, 2.05) is 11.8 Å². The van der Waals surface area contributed by atoms with Gasteiger partial charge in [0, 0.05) is 22.9 Å². The van der Waals surface area contributed by atoms with Gasteiger partial charge in [-0.1, -0.05) is 36.0 Å². The second-order valence-corrected chi connectivity index (χ2v) is 5.06. The van der Waals surface area contributed by atoms with Crippen LogP contribution < -0.4 is 10.6 Å². The molecule has 3 heteroatoms. The van der Waals surface area contributed by atoms with Gasteiger partial charge in [-0.15, -0.1) is 0 Å². The van der Waals surface area contributed by atoms with Crippen LogP contribution in [0.3, 0.4) is 0 Å². The number of nitrogens with zero attached hydrogens (tertiary/aromatic N) is 1. The second kappa shape index (κ2) is 4.43. The number of fused-ring (bicyclic) bond motifs is 2. The molecule has 17 heavy (non-hydrogen) atoms. The van der Waals surface area contributed by atoms with Crippen LogP contribution in [0.15, 0.2) is 58.3 Å². The van der Waals surface area contributed by atoms with Gasteiger partial charge in [0.05, 0.1) is 11.4 Å². The molecule has 2 aromatic rings. The van der Waals surface area contributed by atoms with Gasteiger partial charge in [0.1, 0.15) is 0 Å². The SMILES string of the molecule is NCCN1c2ccccc2Sc2ccccc21. The first kappa shape index (κ1) is 10.7. The smallest absolute Gasteiger partial charge is 0.0553 e. The maximum absolute atomic E-state index is 5.73. The first-order chi connectivity index (χ1) is 8.40. The van der Waals surface area contributed by atoms with E-state index in [0.29, 0.717) is 6.54 Å². The first-order valence-corrected chi connectivity index (χ1v) is 6.55. The van der Waals surface area contributed by atoms with Crippen molar-refractivity contribution in [1.29, 1.82) is 0 Å². The van der Waals surface area contributed by atoms with Gasteiger partial charge in [-0.25, -0.2) is 0 Å². The monoisotopic (exact) mass is 242 g/mol. The normalized spacial score (nSPS) is 13.1. The highest BCUT2D eigenvalue weighted by Crippen LogP contribution is 2.47. The fraction of sp³-hybridized carbons (Fsp3) is 0.143.